The number of hydrogen-bond acceptors (Lipinski definition) is 3. The highest BCUT2D eigenvalue weighted by Gasteiger charge is 2.35. The molecule has 2 aliphatic rings. The van der Waals surface area contributed by atoms with Gasteiger partial charge in [0.05, 0.1) is 17.1 Å². The fourth-order valence-electron chi connectivity index (χ4n) is 3.88. The van der Waals surface area contributed by atoms with Crippen LogP contribution in [0.1, 0.15) is 55.1 Å². The van der Waals surface area contributed by atoms with Crippen molar-refractivity contribution < 1.29 is 9.53 Å². The molecule has 0 radical (unpaired) electrons. The van der Waals surface area contributed by atoms with Crippen molar-refractivity contribution in [2.75, 3.05) is 13.2 Å². The first kappa shape index (κ1) is 15.6. The monoisotopic (exact) mass is 327 g/mol. The number of hydrogen-bond donors (Lipinski definition) is 1. The van der Waals surface area contributed by atoms with E-state index in [4.69, 9.17) is 9.72 Å². The van der Waals surface area contributed by atoms with E-state index < -0.39 is 0 Å². The van der Waals surface area contributed by atoms with Crippen molar-refractivity contribution in [2.24, 2.45) is 0 Å². The van der Waals surface area contributed by atoms with E-state index >= 15 is 0 Å². The Hall–Kier alpha value is -1.88. The van der Waals surface area contributed by atoms with Gasteiger partial charge >= 0.3 is 0 Å². The van der Waals surface area contributed by atoms with Crippen LogP contribution < -0.4 is 0 Å². The van der Waals surface area contributed by atoms with Crippen molar-refractivity contribution in [3.63, 3.8) is 0 Å². The van der Waals surface area contributed by atoms with Gasteiger partial charge < -0.3 is 14.6 Å². The Morgan fingerprint density at radius 1 is 1.21 bits per heavy atom. The molecule has 2 aliphatic heterocycles. The molecule has 1 aromatic heterocycles. The molecule has 0 saturated carbocycles. The number of aromatic nitrogens is 2. The number of benzene rings is 1. The minimum absolute atomic E-state index is 0.0449. The second-order valence-corrected chi connectivity index (χ2v) is 7.12. The van der Waals surface area contributed by atoms with E-state index in [1.165, 1.54) is 11.1 Å². The summed E-state index contributed by atoms with van der Waals surface area (Å²) in [6, 6.07) is 4.32. The molecule has 0 spiro atoms. The molecule has 128 valence electrons. The van der Waals surface area contributed by atoms with E-state index in [0.717, 1.165) is 55.5 Å². The summed E-state index contributed by atoms with van der Waals surface area (Å²) >= 11 is 0. The van der Waals surface area contributed by atoms with Gasteiger partial charge in [0.25, 0.3) is 5.91 Å². The van der Waals surface area contributed by atoms with Gasteiger partial charge in [-0.1, -0.05) is 0 Å². The van der Waals surface area contributed by atoms with Gasteiger partial charge in [0.15, 0.2) is 0 Å². The Kier molecular flexibility index (Phi) is 4.04. The quantitative estimate of drug-likeness (QED) is 0.919. The topological polar surface area (TPSA) is 58.2 Å². The lowest BCUT2D eigenvalue weighted by Crippen LogP contribution is -2.44. The molecule has 4 rings (SSSR count). The van der Waals surface area contributed by atoms with E-state index in [9.17, 15) is 4.79 Å². The predicted molar refractivity (Wildman–Crippen MR) is 92.8 cm³/mol. The van der Waals surface area contributed by atoms with Crippen LogP contribution in [0, 0.1) is 13.8 Å². The molecule has 3 heterocycles. The number of imidazole rings is 1. The molecule has 24 heavy (non-hydrogen) atoms. The molecule has 0 aliphatic carbocycles. The fraction of sp³-hybridized carbons (Fsp3) is 0.579. The number of likely N-dealkylation sites (tertiary alicyclic amines) is 1. The van der Waals surface area contributed by atoms with Gasteiger partial charge in [-0.3, -0.25) is 4.79 Å². The molecule has 5 heteroatoms. The van der Waals surface area contributed by atoms with Crippen molar-refractivity contribution >= 4 is 16.9 Å². The van der Waals surface area contributed by atoms with Crippen LogP contribution in [0.15, 0.2) is 12.1 Å². The van der Waals surface area contributed by atoms with E-state index in [1.807, 2.05) is 4.90 Å². The highest BCUT2D eigenvalue weighted by molar-refractivity contribution is 5.82. The number of nitrogens with zero attached hydrogens (tertiary/aromatic N) is 2. The zero-order valence-corrected chi connectivity index (χ0v) is 14.5. The fourth-order valence-corrected chi connectivity index (χ4v) is 3.88. The SMILES string of the molecule is Cc1cc2nc([C@@H]3CCCCN3C(=O)[C@@H]3CCCO3)[nH]c2cc1C. The lowest BCUT2D eigenvalue weighted by molar-refractivity contribution is -0.145. The van der Waals surface area contributed by atoms with Crippen LogP contribution in [0.3, 0.4) is 0 Å². The summed E-state index contributed by atoms with van der Waals surface area (Å²) in [5.74, 6) is 1.06. The number of ether oxygens (including phenoxy) is 1. The number of aryl methyl sites for hydroxylation is 2. The Morgan fingerprint density at radius 2 is 2.04 bits per heavy atom. The summed E-state index contributed by atoms with van der Waals surface area (Å²) in [5.41, 5.74) is 4.55. The molecule has 2 fully saturated rings. The summed E-state index contributed by atoms with van der Waals surface area (Å²) in [6.45, 7) is 5.73. The van der Waals surface area contributed by atoms with E-state index in [0.29, 0.717) is 6.61 Å². The Balaban J connectivity index is 1.66. The minimum atomic E-state index is -0.250. The maximum Gasteiger partial charge on any atom is 0.252 e. The first-order valence-electron chi connectivity index (χ1n) is 9.02. The van der Waals surface area contributed by atoms with Crippen LogP contribution in [0.5, 0.6) is 0 Å². The van der Waals surface area contributed by atoms with Crippen LogP contribution in [0.25, 0.3) is 11.0 Å². The third-order valence-electron chi connectivity index (χ3n) is 5.42. The molecule has 1 aromatic carbocycles. The Bertz CT molecular complexity index is 722. The standard InChI is InChI=1S/C19H25N3O2/c1-12-10-14-15(11-13(12)2)21-18(20-14)16-6-3-4-8-22(16)19(23)17-7-5-9-24-17/h10-11,16-17H,3-9H2,1-2H3,(H,20,21)/t16-,17-/m0/s1. The summed E-state index contributed by atoms with van der Waals surface area (Å²) in [5, 5.41) is 0. The second kappa shape index (κ2) is 6.20. The van der Waals surface area contributed by atoms with Gasteiger partial charge in [-0.15, -0.1) is 0 Å². The molecule has 0 bridgehead atoms. The third-order valence-corrected chi connectivity index (χ3v) is 5.42. The predicted octanol–water partition coefficient (Wildman–Crippen LogP) is 3.41. The van der Waals surface area contributed by atoms with Gasteiger partial charge in [0.1, 0.15) is 11.9 Å². The Labute approximate surface area is 142 Å². The van der Waals surface area contributed by atoms with Crippen LogP contribution in [0.2, 0.25) is 0 Å². The van der Waals surface area contributed by atoms with Crippen LogP contribution >= 0.6 is 0 Å². The molecule has 2 atom stereocenters. The molecule has 2 aromatic rings. The molecule has 2 saturated heterocycles. The molecular formula is C19H25N3O2. The lowest BCUT2D eigenvalue weighted by Gasteiger charge is -2.35. The number of carbonyl (C=O) groups is 1. The number of carbonyl (C=O) groups excluding carboxylic acids is 1. The zero-order valence-electron chi connectivity index (χ0n) is 14.5. The highest BCUT2D eigenvalue weighted by Crippen LogP contribution is 2.32. The number of fused-ring (bicyclic) bond motifs is 1. The van der Waals surface area contributed by atoms with Crippen LogP contribution in [-0.2, 0) is 9.53 Å². The maximum atomic E-state index is 12.9. The normalized spacial score (nSPS) is 24.7. The maximum absolute atomic E-state index is 12.9. The molecule has 1 amide bonds. The van der Waals surface area contributed by atoms with Gasteiger partial charge in [0, 0.05) is 13.2 Å². The molecular weight excluding hydrogens is 302 g/mol. The summed E-state index contributed by atoms with van der Waals surface area (Å²) in [6.07, 6.45) is 4.75. The van der Waals surface area contributed by atoms with E-state index in [2.05, 4.69) is 31.0 Å². The van der Waals surface area contributed by atoms with Gasteiger partial charge in [0.2, 0.25) is 0 Å². The van der Waals surface area contributed by atoms with Crippen molar-refractivity contribution in [2.45, 2.75) is 58.1 Å². The number of aromatic amines is 1. The summed E-state index contributed by atoms with van der Waals surface area (Å²) in [4.78, 5) is 23.1. The van der Waals surface area contributed by atoms with Crippen LogP contribution in [-0.4, -0.2) is 40.0 Å². The van der Waals surface area contributed by atoms with Gasteiger partial charge in [-0.25, -0.2) is 4.98 Å². The first-order chi connectivity index (χ1) is 11.6. The summed E-state index contributed by atoms with van der Waals surface area (Å²) in [7, 11) is 0. The first-order valence-corrected chi connectivity index (χ1v) is 9.02. The van der Waals surface area contributed by atoms with Crippen molar-refractivity contribution in [1.29, 1.82) is 0 Å². The largest absolute Gasteiger partial charge is 0.368 e. The van der Waals surface area contributed by atoms with Crippen molar-refractivity contribution in [3.8, 4) is 0 Å². The van der Waals surface area contributed by atoms with E-state index in [-0.39, 0.29) is 18.1 Å². The average molecular weight is 327 g/mol. The van der Waals surface area contributed by atoms with Crippen LogP contribution in [0.4, 0.5) is 0 Å². The van der Waals surface area contributed by atoms with E-state index in [1.54, 1.807) is 0 Å². The molecule has 5 nitrogen and oxygen atoms in total. The average Bonchev–Trinajstić information content (AvgIpc) is 3.24. The zero-order chi connectivity index (χ0) is 16.7. The third kappa shape index (κ3) is 2.71. The molecule has 0 unspecified atom stereocenters. The van der Waals surface area contributed by atoms with Gasteiger partial charge in [-0.2, -0.15) is 0 Å². The smallest absolute Gasteiger partial charge is 0.252 e. The summed E-state index contributed by atoms with van der Waals surface area (Å²) < 4.78 is 5.62. The Morgan fingerprint density at radius 3 is 2.83 bits per heavy atom. The number of rotatable bonds is 2. The highest BCUT2D eigenvalue weighted by atomic mass is 16.5. The number of amides is 1. The second-order valence-electron chi connectivity index (χ2n) is 7.12. The van der Waals surface area contributed by atoms with Crippen molar-refractivity contribution in [3.05, 3.63) is 29.1 Å². The number of H-pyrrole nitrogens is 1. The molecule has 1 N–H and O–H groups in total. The number of piperidine rings is 1. The minimum Gasteiger partial charge on any atom is -0.368 e. The number of nitrogens with one attached hydrogen (secondary N) is 1. The lowest BCUT2D eigenvalue weighted by atomic mass is 10.0. The van der Waals surface area contributed by atoms with Gasteiger partial charge in [-0.05, 0) is 69.2 Å². The van der Waals surface area contributed by atoms with Crippen molar-refractivity contribution in [1.82, 2.24) is 14.9 Å².